The number of nitrogens with one attached hydrogen (secondary N) is 1. The van der Waals surface area contributed by atoms with E-state index in [1.807, 2.05) is 24.3 Å². The molecule has 0 aliphatic heterocycles. The molecule has 1 amide bonds. The monoisotopic (exact) mass is 216 g/mol. The summed E-state index contributed by atoms with van der Waals surface area (Å²) in [5, 5.41) is 2.76. The van der Waals surface area contributed by atoms with Gasteiger partial charge in [0, 0.05) is 12.2 Å². The first-order chi connectivity index (χ1) is 7.79. The number of benzene rings is 1. The van der Waals surface area contributed by atoms with Gasteiger partial charge in [-0.1, -0.05) is 12.1 Å². The molecular weight excluding hydrogens is 204 g/mol. The molecule has 0 fully saturated rings. The van der Waals surface area contributed by atoms with E-state index in [0.29, 0.717) is 12.1 Å². The Morgan fingerprint density at radius 2 is 2.00 bits per heavy atom. The Labute approximate surface area is 93.1 Å². The molecule has 16 heavy (non-hydrogen) atoms. The largest absolute Gasteiger partial charge is 0.472 e. The van der Waals surface area contributed by atoms with Crippen LogP contribution in [0.2, 0.25) is 0 Å². The molecule has 0 aliphatic rings. The average Bonchev–Trinajstić information content (AvgIpc) is 2.83. The van der Waals surface area contributed by atoms with Crippen LogP contribution in [0.25, 0.3) is 0 Å². The third kappa shape index (κ3) is 2.29. The van der Waals surface area contributed by atoms with Gasteiger partial charge in [0.1, 0.15) is 6.26 Å². The number of rotatable bonds is 3. The van der Waals surface area contributed by atoms with Gasteiger partial charge in [-0.3, -0.25) is 4.79 Å². The first-order valence-electron chi connectivity index (χ1n) is 4.92. The number of carbonyl (C=O) groups is 1. The summed E-state index contributed by atoms with van der Waals surface area (Å²) in [6.45, 7) is 0.496. The van der Waals surface area contributed by atoms with Gasteiger partial charge in [-0.25, -0.2) is 0 Å². The van der Waals surface area contributed by atoms with Gasteiger partial charge >= 0.3 is 0 Å². The van der Waals surface area contributed by atoms with Gasteiger partial charge in [-0.05, 0) is 23.8 Å². The van der Waals surface area contributed by atoms with Gasteiger partial charge in [0.05, 0.1) is 11.8 Å². The Hall–Kier alpha value is -2.07. The maximum absolute atomic E-state index is 11.6. The summed E-state index contributed by atoms with van der Waals surface area (Å²) in [7, 11) is 0. The SMILES string of the molecule is NCc1ccc(NC(=O)c2ccoc2)cc1. The van der Waals surface area contributed by atoms with Gasteiger partial charge in [0.25, 0.3) is 5.91 Å². The number of anilines is 1. The Morgan fingerprint density at radius 1 is 1.25 bits per heavy atom. The van der Waals surface area contributed by atoms with Crippen molar-refractivity contribution in [3.63, 3.8) is 0 Å². The van der Waals surface area contributed by atoms with Crippen LogP contribution in [0.1, 0.15) is 15.9 Å². The fraction of sp³-hybridized carbons (Fsp3) is 0.0833. The van der Waals surface area contributed by atoms with E-state index in [4.69, 9.17) is 10.2 Å². The summed E-state index contributed by atoms with van der Waals surface area (Å²) in [4.78, 5) is 11.6. The van der Waals surface area contributed by atoms with Crippen LogP contribution in [0.3, 0.4) is 0 Å². The molecule has 0 saturated carbocycles. The average molecular weight is 216 g/mol. The number of amides is 1. The molecule has 4 nitrogen and oxygen atoms in total. The molecule has 0 aliphatic carbocycles. The van der Waals surface area contributed by atoms with Crippen LogP contribution in [0.15, 0.2) is 47.3 Å². The first-order valence-corrected chi connectivity index (χ1v) is 4.92. The van der Waals surface area contributed by atoms with E-state index in [0.717, 1.165) is 11.3 Å². The van der Waals surface area contributed by atoms with E-state index in [9.17, 15) is 4.79 Å². The molecule has 0 spiro atoms. The Bertz CT molecular complexity index is 460. The molecule has 0 radical (unpaired) electrons. The van der Waals surface area contributed by atoms with E-state index < -0.39 is 0 Å². The summed E-state index contributed by atoms with van der Waals surface area (Å²) in [5.74, 6) is -0.186. The quantitative estimate of drug-likeness (QED) is 0.824. The second kappa shape index (κ2) is 4.63. The lowest BCUT2D eigenvalue weighted by Gasteiger charge is -2.04. The molecule has 4 heteroatoms. The topological polar surface area (TPSA) is 68.3 Å². The summed E-state index contributed by atoms with van der Waals surface area (Å²) in [6.07, 6.45) is 2.87. The smallest absolute Gasteiger partial charge is 0.258 e. The lowest BCUT2D eigenvalue weighted by molar-refractivity contribution is 0.102. The number of carbonyl (C=O) groups excluding carboxylic acids is 1. The van der Waals surface area contributed by atoms with Crippen LogP contribution < -0.4 is 11.1 Å². The lowest BCUT2D eigenvalue weighted by Crippen LogP contribution is -2.10. The Balaban J connectivity index is 2.06. The highest BCUT2D eigenvalue weighted by Gasteiger charge is 2.06. The zero-order valence-electron chi connectivity index (χ0n) is 8.64. The lowest BCUT2D eigenvalue weighted by atomic mass is 10.2. The van der Waals surface area contributed by atoms with Crippen LogP contribution in [-0.2, 0) is 6.54 Å². The third-order valence-corrected chi connectivity index (χ3v) is 2.23. The Morgan fingerprint density at radius 3 is 2.56 bits per heavy atom. The van der Waals surface area contributed by atoms with Gasteiger partial charge in [-0.15, -0.1) is 0 Å². The molecule has 82 valence electrons. The summed E-state index contributed by atoms with van der Waals surface area (Å²) < 4.78 is 4.83. The highest BCUT2D eigenvalue weighted by Crippen LogP contribution is 2.11. The highest BCUT2D eigenvalue weighted by molar-refractivity contribution is 6.03. The van der Waals surface area contributed by atoms with Gasteiger partial charge < -0.3 is 15.5 Å². The molecule has 0 atom stereocenters. The molecule has 3 N–H and O–H groups in total. The van der Waals surface area contributed by atoms with E-state index in [1.54, 1.807) is 6.07 Å². The predicted molar refractivity (Wildman–Crippen MR) is 61.0 cm³/mol. The molecule has 2 rings (SSSR count). The molecule has 0 unspecified atom stereocenters. The normalized spacial score (nSPS) is 10.1. The van der Waals surface area contributed by atoms with Crippen LogP contribution in [0.5, 0.6) is 0 Å². The van der Waals surface area contributed by atoms with Crippen molar-refractivity contribution in [2.75, 3.05) is 5.32 Å². The summed E-state index contributed by atoms with van der Waals surface area (Å²) in [6, 6.07) is 9.01. The number of hydrogen-bond acceptors (Lipinski definition) is 3. The van der Waals surface area contributed by atoms with Crippen LogP contribution in [0, 0.1) is 0 Å². The van der Waals surface area contributed by atoms with E-state index in [-0.39, 0.29) is 5.91 Å². The number of hydrogen-bond donors (Lipinski definition) is 2. The van der Waals surface area contributed by atoms with Crippen molar-refractivity contribution in [2.24, 2.45) is 5.73 Å². The fourth-order valence-electron chi connectivity index (χ4n) is 1.32. The standard InChI is InChI=1S/C12H12N2O2/c13-7-9-1-3-11(4-2-9)14-12(15)10-5-6-16-8-10/h1-6,8H,7,13H2,(H,14,15). The minimum Gasteiger partial charge on any atom is -0.472 e. The first kappa shape index (κ1) is 10.4. The van der Waals surface area contributed by atoms with Crippen molar-refractivity contribution in [1.29, 1.82) is 0 Å². The van der Waals surface area contributed by atoms with Crippen LogP contribution in [0.4, 0.5) is 5.69 Å². The molecule has 1 aromatic heterocycles. The molecule has 0 bridgehead atoms. The van der Waals surface area contributed by atoms with Crippen LogP contribution >= 0.6 is 0 Å². The summed E-state index contributed by atoms with van der Waals surface area (Å²) in [5.41, 5.74) is 7.75. The van der Waals surface area contributed by atoms with Gasteiger partial charge in [0.2, 0.25) is 0 Å². The van der Waals surface area contributed by atoms with Crippen molar-refractivity contribution >= 4 is 11.6 Å². The minimum atomic E-state index is -0.186. The van der Waals surface area contributed by atoms with E-state index in [2.05, 4.69) is 5.32 Å². The van der Waals surface area contributed by atoms with E-state index >= 15 is 0 Å². The second-order valence-electron chi connectivity index (χ2n) is 3.37. The number of furan rings is 1. The Kier molecular flexibility index (Phi) is 3.03. The van der Waals surface area contributed by atoms with Crippen molar-refractivity contribution in [1.82, 2.24) is 0 Å². The van der Waals surface area contributed by atoms with Gasteiger partial charge in [0.15, 0.2) is 0 Å². The maximum Gasteiger partial charge on any atom is 0.258 e. The maximum atomic E-state index is 11.6. The molecule has 1 aromatic carbocycles. The van der Waals surface area contributed by atoms with Gasteiger partial charge in [-0.2, -0.15) is 0 Å². The second-order valence-corrected chi connectivity index (χ2v) is 3.37. The zero-order valence-corrected chi connectivity index (χ0v) is 8.64. The molecule has 2 aromatic rings. The van der Waals surface area contributed by atoms with Crippen molar-refractivity contribution in [3.05, 3.63) is 54.0 Å². The zero-order chi connectivity index (χ0) is 11.4. The van der Waals surface area contributed by atoms with Crippen molar-refractivity contribution in [3.8, 4) is 0 Å². The highest BCUT2D eigenvalue weighted by atomic mass is 16.3. The fourth-order valence-corrected chi connectivity index (χ4v) is 1.32. The third-order valence-electron chi connectivity index (χ3n) is 2.23. The molecular formula is C12H12N2O2. The molecule has 0 saturated heterocycles. The van der Waals surface area contributed by atoms with Crippen LogP contribution in [-0.4, -0.2) is 5.91 Å². The van der Waals surface area contributed by atoms with Crippen molar-refractivity contribution < 1.29 is 9.21 Å². The molecule has 1 heterocycles. The van der Waals surface area contributed by atoms with Crippen molar-refractivity contribution in [2.45, 2.75) is 6.54 Å². The number of nitrogens with two attached hydrogens (primary N) is 1. The van der Waals surface area contributed by atoms with E-state index in [1.165, 1.54) is 12.5 Å². The summed E-state index contributed by atoms with van der Waals surface area (Å²) >= 11 is 0. The predicted octanol–water partition coefficient (Wildman–Crippen LogP) is 1.99. The minimum absolute atomic E-state index is 0.186.